The molecule has 1 fully saturated rings. The fourth-order valence-electron chi connectivity index (χ4n) is 4.07. The molecule has 1 aliphatic carbocycles. The molecule has 0 bridgehead atoms. The molecule has 4 N–H and O–H groups in total. The van der Waals surface area contributed by atoms with Crippen molar-refractivity contribution in [2.75, 3.05) is 0 Å². The number of carbonyl (C=O) groups is 1. The summed E-state index contributed by atoms with van der Waals surface area (Å²) >= 11 is 0. The Labute approximate surface area is 163 Å². The minimum atomic E-state index is -0.282. The average Bonchev–Trinajstić information content (AvgIpc) is 3.37. The van der Waals surface area contributed by atoms with E-state index in [1.165, 1.54) is 16.3 Å². The molecule has 1 aliphatic rings. The highest BCUT2D eigenvalue weighted by Gasteiger charge is 2.46. The van der Waals surface area contributed by atoms with E-state index in [9.17, 15) is 4.79 Å². The second kappa shape index (κ2) is 6.17. The standard InChI is InChI=1S/C23H22N4O/c1-14-11-19-20(26-21(13-24)25-19)12-17(14)22(28)27-23(9-10-23)18-8-4-6-15-5-2-3-7-16(15)18/h2-8,11-12H,9-10,13,24H2,1H3,(H,25,26)(H,27,28). The number of aromatic nitrogens is 2. The number of hydrogen-bond donors (Lipinski definition) is 3. The Morgan fingerprint density at radius 2 is 1.96 bits per heavy atom. The van der Waals surface area contributed by atoms with Crippen LogP contribution in [0.5, 0.6) is 0 Å². The second-order valence-corrected chi connectivity index (χ2v) is 7.63. The van der Waals surface area contributed by atoms with Gasteiger partial charge >= 0.3 is 0 Å². The maximum Gasteiger partial charge on any atom is 0.252 e. The topological polar surface area (TPSA) is 83.8 Å². The van der Waals surface area contributed by atoms with Gasteiger partial charge in [-0.05, 0) is 53.8 Å². The molecule has 0 saturated heterocycles. The van der Waals surface area contributed by atoms with Gasteiger partial charge < -0.3 is 16.0 Å². The molecule has 3 aromatic carbocycles. The highest BCUT2D eigenvalue weighted by Crippen LogP contribution is 2.48. The van der Waals surface area contributed by atoms with Gasteiger partial charge in [0.1, 0.15) is 5.82 Å². The molecule has 1 amide bonds. The van der Waals surface area contributed by atoms with Crippen molar-refractivity contribution < 1.29 is 4.79 Å². The summed E-state index contributed by atoms with van der Waals surface area (Å²) in [5.41, 5.74) is 9.85. The van der Waals surface area contributed by atoms with Crippen molar-refractivity contribution in [1.82, 2.24) is 15.3 Å². The van der Waals surface area contributed by atoms with Crippen LogP contribution < -0.4 is 11.1 Å². The predicted octanol–water partition coefficient (Wildman–Crippen LogP) is 3.90. The lowest BCUT2D eigenvalue weighted by Gasteiger charge is -2.21. The van der Waals surface area contributed by atoms with E-state index in [0.29, 0.717) is 12.1 Å². The minimum Gasteiger partial charge on any atom is -0.342 e. The Hall–Kier alpha value is -3.18. The molecule has 0 aliphatic heterocycles. The van der Waals surface area contributed by atoms with Gasteiger partial charge in [-0.15, -0.1) is 0 Å². The maximum atomic E-state index is 13.2. The van der Waals surface area contributed by atoms with Crippen LogP contribution in [0.3, 0.4) is 0 Å². The lowest BCUT2D eigenvalue weighted by atomic mass is 9.96. The number of benzene rings is 3. The van der Waals surface area contributed by atoms with Crippen LogP contribution in [0.25, 0.3) is 21.8 Å². The van der Waals surface area contributed by atoms with Crippen molar-refractivity contribution in [1.29, 1.82) is 0 Å². The van der Waals surface area contributed by atoms with Crippen molar-refractivity contribution in [3.63, 3.8) is 0 Å². The number of H-pyrrole nitrogens is 1. The number of aromatic amines is 1. The molecule has 4 aromatic rings. The van der Waals surface area contributed by atoms with Gasteiger partial charge in [0.2, 0.25) is 0 Å². The molecule has 1 saturated carbocycles. The van der Waals surface area contributed by atoms with E-state index in [2.05, 4.69) is 51.7 Å². The number of rotatable bonds is 4. The number of imidazole rings is 1. The quantitative estimate of drug-likeness (QED) is 0.509. The first-order valence-electron chi connectivity index (χ1n) is 9.60. The summed E-state index contributed by atoms with van der Waals surface area (Å²) in [6.07, 6.45) is 1.91. The first kappa shape index (κ1) is 17.0. The van der Waals surface area contributed by atoms with Crippen LogP contribution >= 0.6 is 0 Å². The summed E-state index contributed by atoms with van der Waals surface area (Å²) in [6, 6.07) is 18.5. The zero-order chi connectivity index (χ0) is 19.3. The number of hydrogen-bond acceptors (Lipinski definition) is 3. The smallest absolute Gasteiger partial charge is 0.252 e. The highest BCUT2D eigenvalue weighted by atomic mass is 16.1. The molecule has 5 rings (SSSR count). The van der Waals surface area contributed by atoms with Gasteiger partial charge in [0, 0.05) is 5.56 Å². The Balaban J connectivity index is 1.51. The van der Waals surface area contributed by atoms with Crippen molar-refractivity contribution in [3.8, 4) is 0 Å². The number of nitrogens with zero attached hydrogens (tertiary/aromatic N) is 1. The van der Waals surface area contributed by atoms with Gasteiger partial charge in [-0.3, -0.25) is 4.79 Å². The molecule has 140 valence electrons. The molecule has 0 radical (unpaired) electrons. The molecule has 1 heterocycles. The van der Waals surface area contributed by atoms with E-state index < -0.39 is 0 Å². The largest absolute Gasteiger partial charge is 0.342 e. The lowest BCUT2D eigenvalue weighted by molar-refractivity contribution is 0.0930. The van der Waals surface area contributed by atoms with Gasteiger partial charge in [-0.1, -0.05) is 42.5 Å². The van der Waals surface area contributed by atoms with Crippen LogP contribution in [0.4, 0.5) is 0 Å². The highest BCUT2D eigenvalue weighted by molar-refractivity contribution is 6.00. The summed E-state index contributed by atoms with van der Waals surface area (Å²) in [7, 11) is 0. The van der Waals surface area contributed by atoms with Crippen LogP contribution in [-0.4, -0.2) is 15.9 Å². The SMILES string of the molecule is Cc1cc2nc(CN)[nH]c2cc1C(=O)NC1(c2cccc3ccccc23)CC1. The molecule has 1 aromatic heterocycles. The number of aryl methyl sites for hydroxylation is 1. The number of nitrogens with one attached hydrogen (secondary N) is 2. The van der Waals surface area contributed by atoms with E-state index in [-0.39, 0.29) is 11.4 Å². The fraction of sp³-hybridized carbons (Fsp3) is 0.217. The van der Waals surface area contributed by atoms with E-state index in [1.807, 2.05) is 25.1 Å². The van der Waals surface area contributed by atoms with Crippen molar-refractivity contribution >= 4 is 27.7 Å². The minimum absolute atomic E-state index is 0.0475. The Morgan fingerprint density at radius 1 is 1.18 bits per heavy atom. The Morgan fingerprint density at radius 3 is 2.75 bits per heavy atom. The summed E-state index contributed by atoms with van der Waals surface area (Å²) in [6.45, 7) is 2.29. The number of carbonyl (C=O) groups excluding carboxylic acids is 1. The molecule has 0 spiro atoms. The van der Waals surface area contributed by atoms with E-state index in [4.69, 9.17) is 5.73 Å². The third-order valence-electron chi connectivity index (χ3n) is 5.72. The van der Waals surface area contributed by atoms with Gasteiger partial charge in [-0.25, -0.2) is 4.98 Å². The van der Waals surface area contributed by atoms with Crippen molar-refractivity contribution in [2.45, 2.75) is 31.8 Å². The van der Waals surface area contributed by atoms with Crippen molar-refractivity contribution in [2.24, 2.45) is 5.73 Å². The van der Waals surface area contributed by atoms with Crippen LogP contribution in [0.2, 0.25) is 0 Å². The van der Waals surface area contributed by atoms with Crippen LogP contribution in [0, 0.1) is 6.92 Å². The molecular formula is C23H22N4O. The zero-order valence-electron chi connectivity index (χ0n) is 15.8. The lowest BCUT2D eigenvalue weighted by Crippen LogP contribution is -2.35. The first-order valence-corrected chi connectivity index (χ1v) is 9.60. The monoisotopic (exact) mass is 370 g/mol. The van der Waals surface area contributed by atoms with Crippen LogP contribution in [-0.2, 0) is 12.1 Å². The molecule has 5 nitrogen and oxygen atoms in total. The summed E-state index contributed by atoms with van der Waals surface area (Å²) in [5.74, 6) is 0.676. The second-order valence-electron chi connectivity index (χ2n) is 7.63. The van der Waals surface area contributed by atoms with Crippen LogP contribution in [0.1, 0.15) is 40.2 Å². The summed E-state index contributed by atoms with van der Waals surface area (Å²) in [5, 5.41) is 5.72. The summed E-state index contributed by atoms with van der Waals surface area (Å²) < 4.78 is 0. The Bertz CT molecular complexity index is 1210. The molecule has 0 atom stereocenters. The Kier molecular flexibility index (Phi) is 3.74. The van der Waals surface area contributed by atoms with Gasteiger partial charge in [0.15, 0.2) is 0 Å². The van der Waals surface area contributed by atoms with Crippen molar-refractivity contribution in [3.05, 3.63) is 77.1 Å². The third-order valence-corrected chi connectivity index (χ3v) is 5.72. The number of fused-ring (bicyclic) bond motifs is 2. The van der Waals surface area contributed by atoms with Gasteiger partial charge in [-0.2, -0.15) is 0 Å². The zero-order valence-corrected chi connectivity index (χ0v) is 15.8. The molecule has 28 heavy (non-hydrogen) atoms. The fourth-order valence-corrected chi connectivity index (χ4v) is 4.07. The number of nitrogens with two attached hydrogens (primary N) is 1. The van der Waals surface area contributed by atoms with Crippen LogP contribution in [0.15, 0.2) is 54.6 Å². The molecular weight excluding hydrogens is 348 g/mol. The van der Waals surface area contributed by atoms with Gasteiger partial charge in [0.05, 0.1) is 23.1 Å². The normalized spacial score (nSPS) is 15.1. The third kappa shape index (κ3) is 2.67. The van der Waals surface area contributed by atoms with Gasteiger partial charge in [0.25, 0.3) is 5.91 Å². The first-order chi connectivity index (χ1) is 13.6. The maximum absolute atomic E-state index is 13.2. The molecule has 0 unspecified atom stereocenters. The van der Waals surface area contributed by atoms with E-state index in [1.54, 1.807) is 0 Å². The predicted molar refractivity (Wildman–Crippen MR) is 111 cm³/mol. The molecule has 5 heteroatoms. The summed E-state index contributed by atoms with van der Waals surface area (Å²) in [4.78, 5) is 20.8. The number of amides is 1. The average molecular weight is 370 g/mol. The van der Waals surface area contributed by atoms with E-state index >= 15 is 0 Å². The van der Waals surface area contributed by atoms with E-state index in [0.717, 1.165) is 35.3 Å².